The second kappa shape index (κ2) is 13.3. The number of amides is 3. The number of rotatable bonds is 8. The van der Waals surface area contributed by atoms with Crippen LogP contribution in [0.1, 0.15) is 96.9 Å². The SMILES string of the molecule is CC(C)C1=CC23CCC4[C@](C)(CCC[C@@]4(C)C(=O)N4CCCCC4)C2CC1[C@@H](C(=O)NCc1ccccn1)[C@H]3C(=O)NCc1ccccn1. The van der Waals surface area contributed by atoms with Gasteiger partial charge in [0.15, 0.2) is 0 Å². The molecule has 49 heavy (non-hydrogen) atoms. The number of carbonyl (C=O) groups is 3. The Hall–Kier alpha value is -3.55. The Morgan fingerprint density at radius 3 is 2.10 bits per heavy atom. The van der Waals surface area contributed by atoms with E-state index in [4.69, 9.17) is 0 Å². The van der Waals surface area contributed by atoms with Crippen LogP contribution in [0.3, 0.4) is 0 Å². The van der Waals surface area contributed by atoms with Crippen molar-refractivity contribution >= 4 is 17.7 Å². The molecule has 8 heteroatoms. The van der Waals surface area contributed by atoms with Crippen LogP contribution in [0.25, 0.3) is 0 Å². The zero-order valence-electron chi connectivity index (χ0n) is 29.9. The van der Waals surface area contributed by atoms with Crippen molar-refractivity contribution in [1.29, 1.82) is 0 Å². The van der Waals surface area contributed by atoms with Gasteiger partial charge in [-0.05, 0) is 105 Å². The van der Waals surface area contributed by atoms with Gasteiger partial charge in [0.2, 0.25) is 17.7 Å². The molecular weight excluding hydrogens is 610 g/mol. The third-order valence-corrected chi connectivity index (χ3v) is 13.7. The second-order valence-corrected chi connectivity index (χ2v) is 16.6. The number of allylic oxidation sites excluding steroid dienone is 2. The van der Waals surface area contributed by atoms with Crippen LogP contribution in [0.2, 0.25) is 0 Å². The lowest BCUT2D eigenvalue weighted by Gasteiger charge is -2.69. The van der Waals surface area contributed by atoms with Crippen molar-refractivity contribution in [2.75, 3.05) is 13.1 Å². The maximum absolute atomic E-state index is 14.8. The van der Waals surface area contributed by atoms with Gasteiger partial charge in [0.05, 0.1) is 36.3 Å². The molecule has 6 aliphatic rings. The molecule has 3 amide bonds. The molecule has 5 aliphatic carbocycles. The first-order valence-electron chi connectivity index (χ1n) is 19.0. The van der Waals surface area contributed by atoms with Crippen LogP contribution in [0.15, 0.2) is 60.4 Å². The first-order chi connectivity index (χ1) is 23.6. The topological polar surface area (TPSA) is 104 Å². The molecule has 2 N–H and O–H groups in total. The van der Waals surface area contributed by atoms with Gasteiger partial charge in [-0.3, -0.25) is 24.4 Å². The van der Waals surface area contributed by atoms with Crippen LogP contribution >= 0.6 is 0 Å². The minimum atomic E-state index is -0.505. The van der Waals surface area contributed by atoms with E-state index in [1.54, 1.807) is 12.4 Å². The van der Waals surface area contributed by atoms with Crippen LogP contribution in [0.4, 0.5) is 0 Å². The van der Waals surface area contributed by atoms with Crippen LogP contribution < -0.4 is 10.6 Å². The Labute approximate surface area is 292 Å². The Balaban J connectivity index is 1.26. The van der Waals surface area contributed by atoms with Crippen LogP contribution in [0, 0.1) is 51.8 Å². The number of likely N-dealkylation sites (tertiary alicyclic amines) is 1. The quantitative estimate of drug-likeness (QED) is 0.314. The summed E-state index contributed by atoms with van der Waals surface area (Å²) in [4.78, 5) is 54.8. The number of nitrogens with zero attached hydrogens (tertiary/aromatic N) is 3. The largest absolute Gasteiger partial charge is 0.350 e. The Bertz CT molecular complexity index is 1570. The lowest BCUT2D eigenvalue weighted by Crippen LogP contribution is -2.68. The first-order valence-corrected chi connectivity index (χ1v) is 19.0. The molecule has 4 unspecified atom stereocenters. The average molecular weight is 666 g/mol. The summed E-state index contributed by atoms with van der Waals surface area (Å²) in [5.74, 6) is -0.0348. The molecule has 8 nitrogen and oxygen atoms in total. The summed E-state index contributed by atoms with van der Waals surface area (Å²) in [6.45, 7) is 11.6. The monoisotopic (exact) mass is 665 g/mol. The first kappa shape index (κ1) is 33.9. The van der Waals surface area contributed by atoms with Gasteiger partial charge in [0, 0.05) is 36.3 Å². The molecule has 4 fully saturated rings. The van der Waals surface area contributed by atoms with Gasteiger partial charge >= 0.3 is 0 Å². The maximum atomic E-state index is 14.8. The maximum Gasteiger partial charge on any atom is 0.228 e. The molecule has 262 valence electrons. The van der Waals surface area contributed by atoms with E-state index in [1.807, 2.05) is 36.4 Å². The van der Waals surface area contributed by atoms with Gasteiger partial charge < -0.3 is 15.5 Å². The molecule has 1 saturated heterocycles. The standard InChI is InChI=1S/C41H55N5O3/c1-27(2)31-24-41-18-15-32-39(3,16-12-17-40(32,4)38(49)46-21-10-5-11-22-46)33(41)23-30(31)34(36(47)44-25-28-13-6-8-19-42-28)35(41)37(48)45-26-29-14-7-9-20-43-29/h6-9,13-14,19-20,24,27,30,32-35H,5,10-12,15-18,21-23,25-26H2,1-4H3,(H,44,47)(H,45,48)/t30?,32?,33?,34-,35+,39+,40-,41?/m1/s1. The Morgan fingerprint density at radius 2 is 1.49 bits per heavy atom. The molecule has 8 rings (SSSR count). The van der Waals surface area contributed by atoms with Crippen molar-refractivity contribution in [3.05, 3.63) is 71.8 Å². The van der Waals surface area contributed by atoms with Crippen molar-refractivity contribution in [2.24, 2.45) is 51.8 Å². The van der Waals surface area contributed by atoms with Crippen molar-refractivity contribution in [3.63, 3.8) is 0 Å². The summed E-state index contributed by atoms with van der Waals surface area (Å²) in [5, 5.41) is 6.49. The van der Waals surface area contributed by atoms with E-state index in [1.165, 1.54) is 12.0 Å². The number of pyridine rings is 2. The number of piperidine rings is 1. The number of hydrogen-bond acceptors (Lipinski definition) is 5. The molecule has 1 aliphatic heterocycles. The van der Waals surface area contributed by atoms with E-state index >= 15 is 0 Å². The minimum absolute atomic E-state index is 0.0391. The summed E-state index contributed by atoms with van der Waals surface area (Å²) >= 11 is 0. The van der Waals surface area contributed by atoms with E-state index in [0.29, 0.717) is 19.0 Å². The highest BCUT2D eigenvalue weighted by molar-refractivity contribution is 5.90. The molecule has 3 saturated carbocycles. The van der Waals surface area contributed by atoms with E-state index in [9.17, 15) is 14.4 Å². The van der Waals surface area contributed by atoms with Crippen molar-refractivity contribution < 1.29 is 14.4 Å². The lowest BCUT2D eigenvalue weighted by molar-refractivity contribution is -0.197. The number of hydrogen-bond donors (Lipinski definition) is 2. The molecule has 8 atom stereocenters. The van der Waals surface area contributed by atoms with Gasteiger partial charge in [-0.15, -0.1) is 0 Å². The smallest absolute Gasteiger partial charge is 0.228 e. The second-order valence-electron chi connectivity index (χ2n) is 16.6. The summed E-state index contributed by atoms with van der Waals surface area (Å²) in [6.07, 6.45) is 15.0. The number of aromatic nitrogens is 2. The van der Waals surface area contributed by atoms with E-state index in [-0.39, 0.29) is 40.9 Å². The molecule has 3 heterocycles. The Kier molecular flexibility index (Phi) is 9.20. The van der Waals surface area contributed by atoms with Gasteiger partial charge in [0.1, 0.15) is 0 Å². The molecule has 0 radical (unpaired) electrons. The number of fused-ring (bicyclic) bond motifs is 2. The molecule has 2 aromatic rings. The van der Waals surface area contributed by atoms with Gasteiger partial charge in [-0.25, -0.2) is 0 Å². The van der Waals surface area contributed by atoms with E-state index in [2.05, 4.69) is 59.3 Å². The highest BCUT2D eigenvalue weighted by Gasteiger charge is 2.70. The van der Waals surface area contributed by atoms with Gasteiger partial charge in [0.25, 0.3) is 0 Å². The predicted octanol–water partition coefficient (Wildman–Crippen LogP) is 6.48. The highest BCUT2D eigenvalue weighted by Crippen LogP contribution is 2.73. The summed E-state index contributed by atoms with van der Waals surface area (Å²) in [5.41, 5.74) is 1.96. The van der Waals surface area contributed by atoms with Crippen LogP contribution in [-0.2, 0) is 27.5 Å². The Morgan fingerprint density at radius 1 is 0.837 bits per heavy atom. The van der Waals surface area contributed by atoms with Gasteiger partial charge in [-0.2, -0.15) is 0 Å². The third-order valence-electron chi connectivity index (χ3n) is 13.7. The molecule has 0 aromatic carbocycles. The minimum Gasteiger partial charge on any atom is -0.350 e. The summed E-state index contributed by atoms with van der Waals surface area (Å²) in [6, 6.07) is 11.5. The molecule has 1 spiro atoms. The zero-order valence-corrected chi connectivity index (χ0v) is 29.9. The van der Waals surface area contributed by atoms with Crippen LogP contribution in [0.5, 0.6) is 0 Å². The fourth-order valence-electron chi connectivity index (χ4n) is 11.7. The average Bonchev–Trinajstić information content (AvgIpc) is 3.12. The zero-order chi connectivity index (χ0) is 34.4. The predicted molar refractivity (Wildman–Crippen MR) is 189 cm³/mol. The van der Waals surface area contributed by atoms with Crippen molar-refractivity contribution in [2.45, 2.75) is 98.6 Å². The van der Waals surface area contributed by atoms with E-state index < -0.39 is 22.7 Å². The lowest BCUT2D eigenvalue weighted by atomic mass is 9.34. The molecular formula is C41H55N5O3. The number of carbonyl (C=O) groups excluding carboxylic acids is 3. The van der Waals surface area contributed by atoms with Gasteiger partial charge in [-0.1, -0.05) is 57.9 Å². The normalized spacial score (nSPS) is 35.2. The van der Waals surface area contributed by atoms with Crippen molar-refractivity contribution in [3.8, 4) is 0 Å². The fraction of sp³-hybridized carbons (Fsp3) is 0.634. The van der Waals surface area contributed by atoms with Crippen molar-refractivity contribution in [1.82, 2.24) is 25.5 Å². The molecule has 2 aromatic heterocycles. The van der Waals surface area contributed by atoms with E-state index in [0.717, 1.165) is 75.8 Å². The number of nitrogens with one attached hydrogen (secondary N) is 2. The summed E-state index contributed by atoms with van der Waals surface area (Å²) < 4.78 is 0. The molecule has 2 bridgehead atoms. The third kappa shape index (κ3) is 5.81. The van der Waals surface area contributed by atoms with Crippen LogP contribution in [-0.4, -0.2) is 45.7 Å². The fourth-order valence-corrected chi connectivity index (χ4v) is 11.7. The highest BCUT2D eigenvalue weighted by atomic mass is 16.2. The summed E-state index contributed by atoms with van der Waals surface area (Å²) in [7, 11) is 0.